The molecule has 1 fully saturated rings. The van der Waals surface area contributed by atoms with E-state index in [4.69, 9.17) is 4.74 Å². The van der Waals surface area contributed by atoms with Crippen LogP contribution in [0.1, 0.15) is 12.5 Å². The summed E-state index contributed by atoms with van der Waals surface area (Å²) in [6.45, 7) is 3.09. The van der Waals surface area contributed by atoms with Gasteiger partial charge in [-0.15, -0.1) is 0 Å². The third kappa shape index (κ3) is 0.672. The van der Waals surface area contributed by atoms with Crippen molar-refractivity contribution in [3.63, 3.8) is 0 Å². The van der Waals surface area contributed by atoms with E-state index < -0.39 is 5.54 Å². The SMILES string of the molecule is CCOC(=O)C12CN1c1ccccc12. The number of rotatable bonds is 2. The number of ether oxygens (including phenoxy) is 1. The van der Waals surface area contributed by atoms with Crippen LogP contribution in [0.3, 0.4) is 0 Å². The lowest BCUT2D eigenvalue weighted by molar-refractivity contribution is -0.146. The van der Waals surface area contributed by atoms with Gasteiger partial charge in [0.2, 0.25) is 0 Å². The zero-order chi connectivity index (χ0) is 9.76. The Labute approximate surface area is 82.3 Å². The van der Waals surface area contributed by atoms with Crippen molar-refractivity contribution in [2.75, 3.05) is 18.1 Å². The second-order valence-electron chi connectivity index (χ2n) is 3.68. The molecule has 0 saturated carbocycles. The Kier molecular flexibility index (Phi) is 1.29. The minimum Gasteiger partial charge on any atom is -0.464 e. The summed E-state index contributed by atoms with van der Waals surface area (Å²) in [5, 5.41) is 0. The maximum Gasteiger partial charge on any atom is 0.338 e. The quantitative estimate of drug-likeness (QED) is 0.518. The molecule has 3 rings (SSSR count). The molecule has 2 aliphatic heterocycles. The maximum atomic E-state index is 11.7. The van der Waals surface area contributed by atoms with E-state index in [1.807, 2.05) is 31.2 Å². The Morgan fingerprint density at radius 3 is 3.14 bits per heavy atom. The molecule has 1 unspecified atom stereocenters. The number of anilines is 1. The molecule has 3 nitrogen and oxygen atoms in total. The summed E-state index contributed by atoms with van der Waals surface area (Å²) in [7, 11) is 0. The summed E-state index contributed by atoms with van der Waals surface area (Å²) < 4.78 is 5.07. The van der Waals surface area contributed by atoms with Crippen molar-refractivity contribution in [3.8, 4) is 0 Å². The Morgan fingerprint density at radius 1 is 1.57 bits per heavy atom. The Hall–Kier alpha value is -1.51. The van der Waals surface area contributed by atoms with Gasteiger partial charge in [0.05, 0.1) is 13.2 Å². The van der Waals surface area contributed by atoms with E-state index in [1.54, 1.807) is 0 Å². The molecule has 0 N–H and O–H groups in total. The molecule has 1 atom stereocenters. The molecule has 0 spiro atoms. The average molecular weight is 189 g/mol. The Bertz CT molecular complexity index is 416. The molecule has 14 heavy (non-hydrogen) atoms. The molecule has 0 amide bonds. The van der Waals surface area contributed by atoms with Crippen LogP contribution >= 0.6 is 0 Å². The number of hydrogen-bond donors (Lipinski definition) is 0. The highest BCUT2D eigenvalue weighted by atomic mass is 16.5. The van der Waals surface area contributed by atoms with Gasteiger partial charge in [-0.25, -0.2) is 4.79 Å². The van der Waals surface area contributed by atoms with E-state index in [0.717, 1.165) is 12.1 Å². The zero-order valence-electron chi connectivity index (χ0n) is 7.99. The molecule has 72 valence electrons. The monoisotopic (exact) mass is 189 g/mol. The van der Waals surface area contributed by atoms with Gasteiger partial charge in [-0.05, 0) is 13.0 Å². The number of carbonyl (C=O) groups excluding carboxylic acids is 1. The number of para-hydroxylation sites is 1. The Balaban J connectivity index is 1.96. The molecule has 0 aliphatic carbocycles. The smallest absolute Gasteiger partial charge is 0.338 e. The molecule has 2 heterocycles. The van der Waals surface area contributed by atoms with Crippen LogP contribution in [0.4, 0.5) is 5.69 Å². The first kappa shape index (κ1) is 7.85. The number of hydrogen-bond acceptors (Lipinski definition) is 3. The maximum absolute atomic E-state index is 11.7. The van der Waals surface area contributed by atoms with Crippen molar-refractivity contribution in [2.24, 2.45) is 0 Å². The topological polar surface area (TPSA) is 29.3 Å². The first-order valence-corrected chi connectivity index (χ1v) is 4.85. The lowest BCUT2D eigenvalue weighted by Gasteiger charge is -2.28. The fraction of sp³-hybridized carbons (Fsp3) is 0.364. The molecule has 2 aliphatic rings. The summed E-state index contributed by atoms with van der Waals surface area (Å²) in [6.07, 6.45) is 0. The predicted molar refractivity (Wildman–Crippen MR) is 52.1 cm³/mol. The summed E-state index contributed by atoms with van der Waals surface area (Å²) in [5.41, 5.74) is 1.91. The van der Waals surface area contributed by atoms with Gasteiger partial charge in [-0.3, -0.25) is 0 Å². The van der Waals surface area contributed by atoms with E-state index in [2.05, 4.69) is 4.90 Å². The van der Waals surface area contributed by atoms with Gasteiger partial charge in [0.1, 0.15) is 0 Å². The average Bonchev–Trinajstić information content (AvgIpc) is 2.85. The molecular weight excluding hydrogens is 178 g/mol. The van der Waals surface area contributed by atoms with Crippen LogP contribution in [0.2, 0.25) is 0 Å². The van der Waals surface area contributed by atoms with Crippen LogP contribution in [0.25, 0.3) is 0 Å². The summed E-state index contributed by atoms with van der Waals surface area (Å²) in [5.74, 6) is -0.0984. The van der Waals surface area contributed by atoms with Crippen molar-refractivity contribution in [2.45, 2.75) is 12.5 Å². The molecule has 1 saturated heterocycles. The van der Waals surface area contributed by atoms with Crippen LogP contribution in [0.5, 0.6) is 0 Å². The second kappa shape index (κ2) is 2.29. The minimum atomic E-state index is -0.396. The van der Waals surface area contributed by atoms with Gasteiger partial charge in [-0.1, -0.05) is 18.2 Å². The van der Waals surface area contributed by atoms with E-state index in [-0.39, 0.29) is 5.97 Å². The van der Waals surface area contributed by atoms with Gasteiger partial charge in [0.15, 0.2) is 5.54 Å². The van der Waals surface area contributed by atoms with Crippen molar-refractivity contribution in [3.05, 3.63) is 29.8 Å². The fourth-order valence-electron chi connectivity index (χ4n) is 2.26. The first-order chi connectivity index (χ1) is 6.80. The van der Waals surface area contributed by atoms with E-state index >= 15 is 0 Å². The number of esters is 1. The van der Waals surface area contributed by atoms with Crippen LogP contribution in [0, 0.1) is 0 Å². The van der Waals surface area contributed by atoms with Crippen LogP contribution in [-0.4, -0.2) is 19.1 Å². The first-order valence-electron chi connectivity index (χ1n) is 4.85. The van der Waals surface area contributed by atoms with Crippen LogP contribution in [-0.2, 0) is 15.1 Å². The van der Waals surface area contributed by atoms with E-state index in [9.17, 15) is 4.79 Å². The highest BCUT2D eigenvalue weighted by molar-refractivity contribution is 6.02. The molecule has 0 bridgehead atoms. The van der Waals surface area contributed by atoms with Crippen molar-refractivity contribution >= 4 is 11.7 Å². The highest BCUT2D eigenvalue weighted by Crippen LogP contribution is 2.59. The van der Waals surface area contributed by atoms with Gasteiger partial charge < -0.3 is 9.64 Å². The molecule has 1 aromatic rings. The van der Waals surface area contributed by atoms with Crippen molar-refractivity contribution < 1.29 is 9.53 Å². The largest absolute Gasteiger partial charge is 0.464 e. The van der Waals surface area contributed by atoms with Crippen molar-refractivity contribution in [1.82, 2.24) is 0 Å². The molecular formula is C11H11NO2. The normalized spacial score (nSPS) is 25.9. The lowest BCUT2D eigenvalue weighted by atomic mass is 9.92. The van der Waals surface area contributed by atoms with E-state index in [1.165, 1.54) is 5.69 Å². The van der Waals surface area contributed by atoms with Gasteiger partial charge in [0, 0.05) is 11.3 Å². The second-order valence-corrected chi connectivity index (χ2v) is 3.68. The zero-order valence-corrected chi connectivity index (χ0v) is 7.99. The number of carbonyl (C=O) groups is 1. The van der Waals surface area contributed by atoms with Gasteiger partial charge in [0.25, 0.3) is 0 Å². The molecule has 0 radical (unpaired) electrons. The van der Waals surface area contributed by atoms with Crippen LogP contribution < -0.4 is 4.90 Å². The summed E-state index contributed by atoms with van der Waals surface area (Å²) in [6, 6.07) is 8.01. The molecule has 0 aromatic heterocycles. The number of fused-ring (bicyclic) bond motifs is 4. The summed E-state index contributed by atoms with van der Waals surface area (Å²) in [4.78, 5) is 13.8. The highest BCUT2D eigenvalue weighted by Gasteiger charge is 2.69. The standard InChI is InChI=1S/C11H11NO2/c1-2-14-10(13)11-7-12(11)9-6-4-3-5-8(9)11/h3-6H,2,7H2,1H3. The van der Waals surface area contributed by atoms with E-state index in [0.29, 0.717) is 6.61 Å². The third-order valence-corrected chi connectivity index (χ3v) is 3.00. The number of nitrogens with zero attached hydrogens (tertiary/aromatic N) is 1. The fourth-order valence-corrected chi connectivity index (χ4v) is 2.26. The molecule has 1 aromatic carbocycles. The van der Waals surface area contributed by atoms with Crippen LogP contribution in [0.15, 0.2) is 24.3 Å². The molecule has 3 heteroatoms. The number of benzene rings is 1. The minimum absolute atomic E-state index is 0.0984. The van der Waals surface area contributed by atoms with Gasteiger partial charge >= 0.3 is 5.97 Å². The van der Waals surface area contributed by atoms with Gasteiger partial charge in [-0.2, -0.15) is 0 Å². The predicted octanol–water partition coefficient (Wildman–Crippen LogP) is 1.28. The van der Waals surface area contributed by atoms with Crippen molar-refractivity contribution in [1.29, 1.82) is 0 Å². The lowest BCUT2D eigenvalue weighted by Crippen LogP contribution is -2.36. The third-order valence-electron chi connectivity index (χ3n) is 3.00. The Morgan fingerprint density at radius 2 is 2.36 bits per heavy atom. The summed E-state index contributed by atoms with van der Waals surface area (Å²) >= 11 is 0.